The predicted molar refractivity (Wildman–Crippen MR) is 593 cm³/mol. The maximum Gasteiger partial charge on any atom is 0.164 e. The Kier molecular flexibility index (Phi) is 18.2. The lowest BCUT2D eigenvalue weighted by Gasteiger charge is -2.30. The summed E-state index contributed by atoms with van der Waals surface area (Å²) in [5.41, 5.74) is 35.4. The summed E-state index contributed by atoms with van der Waals surface area (Å²) in [6.07, 6.45) is 0. The van der Waals surface area contributed by atoms with Crippen LogP contribution in [-0.4, -0.2) is 39.0 Å². The molecule has 0 N–H and O–H groups in total. The molecule has 10 heteroatoms. The van der Waals surface area contributed by atoms with Crippen molar-refractivity contribution in [3.05, 3.63) is 508 Å². The van der Waals surface area contributed by atoms with Gasteiger partial charge in [-0.25, -0.2) is 29.9 Å². The number of aromatic nitrogens is 8. The Bertz CT molecular complexity index is 10100. The van der Waals surface area contributed by atoms with Gasteiger partial charge in [-0.2, -0.15) is 0 Å². The summed E-state index contributed by atoms with van der Waals surface area (Å²) in [5, 5.41) is 12.6. The lowest BCUT2D eigenvalue weighted by Crippen LogP contribution is -2.25. The predicted octanol–water partition coefficient (Wildman–Crippen LogP) is 34.7. The Morgan fingerprint density at radius 2 is 0.517 bits per heavy atom. The van der Waals surface area contributed by atoms with Gasteiger partial charge in [0.25, 0.3) is 0 Å². The van der Waals surface area contributed by atoms with E-state index in [9.17, 15) is 0 Å². The van der Waals surface area contributed by atoms with Crippen molar-refractivity contribution < 1.29 is 8.83 Å². The molecule has 0 fully saturated rings. The molecule has 28 aromatic rings. The normalized spacial score (nSPS) is 12.5. The summed E-state index contributed by atoms with van der Waals surface area (Å²) in [5.74, 6) is 3.03. The molecule has 1 spiro atoms. The summed E-state index contributed by atoms with van der Waals surface area (Å²) in [6.45, 7) is 0. The average Bonchev–Trinajstić information content (AvgIpc) is 1.50. The van der Waals surface area contributed by atoms with Crippen LogP contribution in [0.15, 0.2) is 494 Å². The fourth-order valence-corrected chi connectivity index (χ4v) is 23.7. The number of fused-ring (bicyclic) bond motifs is 24. The molecule has 10 nitrogen and oxygen atoms in total. The number of hydrogen-bond acceptors (Lipinski definition) is 8. The minimum absolute atomic E-state index is 0.466. The highest BCUT2D eigenvalue weighted by Crippen LogP contribution is 2.64. The minimum atomic E-state index is -0.623. The number of benzene rings is 22. The molecule has 22 aromatic carbocycles. The van der Waals surface area contributed by atoms with Crippen molar-refractivity contribution >= 4 is 109 Å². The van der Waals surface area contributed by atoms with Crippen LogP contribution in [0.4, 0.5) is 0 Å². The molecule has 30 rings (SSSR count). The summed E-state index contributed by atoms with van der Waals surface area (Å²) in [7, 11) is 0. The van der Waals surface area contributed by atoms with Crippen LogP contribution in [0.5, 0.6) is 0 Å². The van der Waals surface area contributed by atoms with Gasteiger partial charge in [0, 0.05) is 99.0 Å². The van der Waals surface area contributed by atoms with E-state index in [1.54, 1.807) is 0 Å². The van der Waals surface area contributed by atoms with Gasteiger partial charge in [0.15, 0.2) is 34.9 Å². The fraction of sp³-hybridized carbons (Fsp3) is 0.00741. The lowest BCUT2D eigenvalue weighted by atomic mass is 9.70. The first-order chi connectivity index (χ1) is 71.8. The Hall–Kier alpha value is -19.4. The number of furan rings is 2. The van der Waals surface area contributed by atoms with E-state index in [2.05, 4.69) is 494 Å². The van der Waals surface area contributed by atoms with E-state index in [1.165, 1.54) is 66.1 Å². The van der Waals surface area contributed by atoms with Gasteiger partial charge in [0.05, 0.1) is 27.5 Å². The van der Waals surface area contributed by atoms with Crippen molar-refractivity contribution in [2.75, 3.05) is 0 Å². The van der Waals surface area contributed by atoms with E-state index in [0.717, 1.165) is 177 Å². The SMILES string of the molecule is c1ccc(-c2ccc(-c3nc(-c4ccc5c(c4)C4(c6ccccc6-c6ccccc64)c4ccccc4-5)nc(-c4cccc5oc6c(-c7ccc(-c8nc(-c9ccc(-c%10cccc%11ccccc%10%11)cc9)nc(-c9ccc(-c%10cccc%11ccccc%10%11)cc9)n8)c8c7oc7ccc(-c9ccc%10c(c9)c9ccccc9n%10-c9ccccc9)cc78)cc(-c7ccc8c(c7)c7ccccc7n8-c7ccccc7)cc6c45)n3)cc2)cc1. The van der Waals surface area contributed by atoms with Gasteiger partial charge in [-0.3, -0.25) is 0 Å². The number of rotatable bonds is 14. The second-order valence-corrected chi connectivity index (χ2v) is 38.1. The van der Waals surface area contributed by atoms with Crippen molar-refractivity contribution in [2.24, 2.45) is 0 Å². The zero-order chi connectivity index (χ0) is 95.1. The second-order valence-electron chi connectivity index (χ2n) is 38.1. The molecule has 0 atom stereocenters. The summed E-state index contributed by atoms with van der Waals surface area (Å²) in [6, 6.07) is 175. The molecule has 145 heavy (non-hydrogen) atoms. The molecule has 6 aromatic heterocycles. The van der Waals surface area contributed by atoms with E-state index in [-0.39, 0.29) is 0 Å². The smallest absolute Gasteiger partial charge is 0.164 e. The van der Waals surface area contributed by atoms with Crippen molar-refractivity contribution in [3.8, 4) is 169 Å². The maximum atomic E-state index is 7.79. The van der Waals surface area contributed by atoms with E-state index in [4.69, 9.17) is 38.7 Å². The third kappa shape index (κ3) is 12.8. The van der Waals surface area contributed by atoms with Gasteiger partial charge in [0.1, 0.15) is 22.3 Å². The molecular weight excluding hydrogens is 1770 g/mol. The minimum Gasteiger partial charge on any atom is -0.455 e. The highest BCUT2D eigenvalue weighted by Gasteiger charge is 2.52. The molecule has 672 valence electrons. The number of para-hydroxylation sites is 4. The standard InChI is InChI=1S/C135H80N8O2/c1-4-27-81(28-5-1)82-53-59-87(60-54-82)131-137-132(93-65-69-104-103-41-16-21-49-117(103)135(118(104)80-93)115-47-19-14-39-101(115)102-40-15-20-48-116(102)135)141-133(138-131)108-46-26-52-124-125(108)114-79-94(92-67-73-122-111(76-92)106-43-18-23-51-120(106)143(122)96-35-8-3-9-36-96)78-112(127(114)145-124)107-70-71-109(126-113-77-91(68-74-123(113)144-128(107)126)90-66-72-121-110(75-90)105-42-17-22-50-119(105)142(121)95-33-6-2-7-34-95)134-139-129(88-61-55-85(56-62-88)99-44-24-31-83-29-10-12-37-97(83)99)136-130(140-134)89-63-57-86(58-64-89)100-45-25-32-84-30-11-13-38-98(84)100/h1-80H. The third-order valence-electron chi connectivity index (χ3n) is 30.3. The summed E-state index contributed by atoms with van der Waals surface area (Å²) < 4.78 is 20.3. The van der Waals surface area contributed by atoms with Crippen LogP contribution >= 0.6 is 0 Å². The molecule has 0 unspecified atom stereocenters. The van der Waals surface area contributed by atoms with Crippen molar-refractivity contribution in [1.82, 2.24) is 39.0 Å². The van der Waals surface area contributed by atoms with Crippen LogP contribution in [0.2, 0.25) is 0 Å². The topological polar surface area (TPSA) is 113 Å². The van der Waals surface area contributed by atoms with E-state index in [1.807, 2.05) is 0 Å². The van der Waals surface area contributed by atoms with Crippen molar-refractivity contribution in [1.29, 1.82) is 0 Å². The molecule has 6 heterocycles. The van der Waals surface area contributed by atoms with Crippen molar-refractivity contribution in [3.63, 3.8) is 0 Å². The molecule has 0 saturated carbocycles. The largest absolute Gasteiger partial charge is 0.455 e. The van der Waals surface area contributed by atoms with Crippen LogP contribution in [0.1, 0.15) is 22.3 Å². The first-order valence-corrected chi connectivity index (χ1v) is 49.3. The van der Waals surface area contributed by atoms with Crippen LogP contribution in [0.3, 0.4) is 0 Å². The lowest BCUT2D eigenvalue weighted by molar-refractivity contribution is 0.665. The molecular formula is C135H80N8O2. The molecule has 2 aliphatic rings. The maximum absolute atomic E-state index is 7.79. The first kappa shape index (κ1) is 81.6. The summed E-state index contributed by atoms with van der Waals surface area (Å²) >= 11 is 0. The van der Waals surface area contributed by atoms with Gasteiger partial charge < -0.3 is 18.0 Å². The second kappa shape index (κ2) is 32.3. The zero-order valence-electron chi connectivity index (χ0n) is 78.1. The quantitative estimate of drug-likeness (QED) is 0.106. The van der Waals surface area contributed by atoms with Gasteiger partial charge >= 0.3 is 0 Å². The van der Waals surface area contributed by atoms with Gasteiger partial charge in [0.2, 0.25) is 0 Å². The zero-order valence-corrected chi connectivity index (χ0v) is 78.1. The highest BCUT2D eigenvalue weighted by atomic mass is 16.3. The van der Waals surface area contributed by atoms with Gasteiger partial charge in [-0.1, -0.05) is 376 Å². The van der Waals surface area contributed by atoms with Crippen molar-refractivity contribution in [2.45, 2.75) is 5.41 Å². The number of hydrogen-bond donors (Lipinski definition) is 0. The number of nitrogens with zero attached hydrogens (tertiary/aromatic N) is 8. The van der Waals surface area contributed by atoms with Crippen LogP contribution in [0, 0.1) is 0 Å². The molecule has 0 radical (unpaired) electrons. The Morgan fingerprint density at radius 3 is 1.06 bits per heavy atom. The average molecular weight is 1850 g/mol. The van der Waals surface area contributed by atoms with Crippen LogP contribution < -0.4 is 0 Å². The fourth-order valence-electron chi connectivity index (χ4n) is 23.7. The Balaban J connectivity index is 0.661. The molecule has 2 aliphatic carbocycles. The Morgan fingerprint density at radius 1 is 0.166 bits per heavy atom. The van der Waals surface area contributed by atoms with E-state index >= 15 is 0 Å². The Labute approximate surface area is 832 Å². The monoisotopic (exact) mass is 1840 g/mol. The first-order valence-electron chi connectivity index (χ1n) is 49.3. The van der Waals surface area contributed by atoms with Gasteiger partial charge in [-0.15, -0.1) is 0 Å². The van der Waals surface area contributed by atoms with E-state index in [0.29, 0.717) is 57.3 Å². The van der Waals surface area contributed by atoms with Crippen LogP contribution in [-0.2, 0) is 5.41 Å². The van der Waals surface area contributed by atoms with Crippen LogP contribution in [0.25, 0.3) is 278 Å². The molecule has 0 aliphatic heterocycles. The molecule has 0 amide bonds. The molecule has 0 bridgehead atoms. The molecule has 0 saturated heterocycles. The highest BCUT2D eigenvalue weighted by molar-refractivity contribution is 6.22. The van der Waals surface area contributed by atoms with Gasteiger partial charge in [-0.05, 0) is 231 Å². The summed E-state index contributed by atoms with van der Waals surface area (Å²) in [4.78, 5) is 34.1. The van der Waals surface area contributed by atoms with E-state index < -0.39 is 5.41 Å². The third-order valence-corrected chi connectivity index (χ3v) is 30.3.